The molecule has 0 aliphatic carbocycles. The number of methoxy groups -OCH3 is 1. The lowest BCUT2D eigenvalue weighted by Crippen LogP contribution is -2.38. The Labute approximate surface area is 123 Å². The number of aliphatic hydroxyl groups excluding tert-OH is 1. The van der Waals surface area contributed by atoms with Crippen LogP contribution >= 0.6 is 0 Å². The van der Waals surface area contributed by atoms with Gasteiger partial charge in [-0.2, -0.15) is 0 Å². The summed E-state index contributed by atoms with van der Waals surface area (Å²) in [4.78, 5) is 10.6. The number of ether oxygens (including phenoxy) is 1. The van der Waals surface area contributed by atoms with Gasteiger partial charge in [-0.15, -0.1) is 0 Å². The first kappa shape index (κ1) is 17.6. The molecule has 1 aromatic rings. The number of carboxylic acids is 1. The van der Waals surface area contributed by atoms with Crippen LogP contribution in [0.5, 0.6) is 0 Å². The van der Waals surface area contributed by atoms with Crippen molar-refractivity contribution in [3.05, 3.63) is 29.8 Å². The van der Waals surface area contributed by atoms with Gasteiger partial charge in [-0.25, -0.2) is 13.1 Å². The average molecular weight is 317 g/mol. The van der Waals surface area contributed by atoms with Crippen LogP contribution in [0.2, 0.25) is 0 Å². The van der Waals surface area contributed by atoms with Gasteiger partial charge >= 0.3 is 5.97 Å². The molecular formula is C13H19NO6S. The minimum absolute atomic E-state index is 0.0377. The zero-order valence-electron chi connectivity index (χ0n) is 11.7. The van der Waals surface area contributed by atoms with Crippen molar-refractivity contribution in [2.45, 2.75) is 23.8 Å². The molecular weight excluding hydrogens is 298 g/mol. The van der Waals surface area contributed by atoms with Crippen molar-refractivity contribution in [1.29, 1.82) is 0 Å². The molecule has 3 N–H and O–H groups in total. The van der Waals surface area contributed by atoms with Gasteiger partial charge in [0.25, 0.3) is 0 Å². The molecule has 0 saturated heterocycles. The molecule has 0 radical (unpaired) electrons. The standard InChI is InChI=1S/C13H19NO6S/c1-20-9-11(6-7-15)14-21(18,19)12-4-2-10(3-5-12)8-13(16)17/h2-5,11,14-15H,6-9H2,1H3,(H,16,17). The van der Waals surface area contributed by atoms with Gasteiger partial charge in [0, 0.05) is 19.8 Å². The van der Waals surface area contributed by atoms with Crippen LogP contribution in [0.15, 0.2) is 29.2 Å². The molecule has 0 aliphatic rings. The molecule has 21 heavy (non-hydrogen) atoms. The molecule has 1 rings (SSSR count). The Morgan fingerprint density at radius 3 is 2.43 bits per heavy atom. The van der Waals surface area contributed by atoms with Crippen LogP contribution in [-0.4, -0.2) is 51.0 Å². The SMILES string of the molecule is COCC(CCO)NS(=O)(=O)c1ccc(CC(=O)O)cc1. The minimum atomic E-state index is -3.74. The molecule has 118 valence electrons. The maximum absolute atomic E-state index is 12.2. The molecule has 0 aliphatic heterocycles. The summed E-state index contributed by atoms with van der Waals surface area (Å²) < 4.78 is 31.7. The predicted molar refractivity (Wildman–Crippen MR) is 75.5 cm³/mol. The first-order valence-electron chi connectivity index (χ1n) is 6.32. The van der Waals surface area contributed by atoms with E-state index in [9.17, 15) is 13.2 Å². The molecule has 0 heterocycles. The van der Waals surface area contributed by atoms with E-state index in [1.807, 2.05) is 0 Å². The largest absolute Gasteiger partial charge is 0.481 e. The number of rotatable bonds is 9. The highest BCUT2D eigenvalue weighted by Crippen LogP contribution is 2.12. The summed E-state index contributed by atoms with van der Waals surface area (Å²) >= 11 is 0. The van der Waals surface area contributed by atoms with Crippen molar-refractivity contribution in [2.24, 2.45) is 0 Å². The van der Waals surface area contributed by atoms with Gasteiger partial charge in [0.1, 0.15) is 0 Å². The van der Waals surface area contributed by atoms with E-state index in [2.05, 4.69) is 4.72 Å². The van der Waals surface area contributed by atoms with Gasteiger partial charge in [0.15, 0.2) is 0 Å². The molecule has 0 spiro atoms. The second-order valence-electron chi connectivity index (χ2n) is 4.50. The molecule has 7 nitrogen and oxygen atoms in total. The van der Waals surface area contributed by atoms with Crippen LogP contribution in [-0.2, 0) is 26.0 Å². The molecule has 0 aromatic heterocycles. The average Bonchev–Trinajstić information content (AvgIpc) is 2.38. The summed E-state index contributed by atoms with van der Waals surface area (Å²) in [7, 11) is -2.29. The summed E-state index contributed by atoms with van der Waals surface area (Å²) in [5.41, 5.74) is 0.519. The number of aliphatic carboxylic acids is 1. The Hall–Kier alpha value is -1.48. The zero-order valence-corrected chi connectivity index (χ0v) is 12.5. The van der Waals surface area contributed by atoms with Crippen molar-refractivity contribution in [3.63, 3.8) is 0 Å². The second-order valence-corrected chi connectivity index (χ2v) is 6.21. The highest BCUT2D eigenvalue weighted by molar-refractivity contribution is 7.89. The summed E-state index contributed by atoms with van der Waals surface area (Å²) in [5, 5.41) is 17.6. The molecule has 1 unspecified atom stereocenters. The van der Waals surface area contributed by atoms with Gasteiger partial charge in [-0.05, 0) is 24.1 Å². The topological polar surface area (TPSA) is 113 Å². The number of sulfonamides is 1. The molecule has 0 bridgehead atoms. The molecule has 0 amide bonds. The van der Waals surface area contributed by atoms with Gasteiger partial charge in [-0.3, -0.25) is 4.79 Å². The summed E-state index contributed by atoms with van der Waals surface area (Å²) in [6.07, 6.45) is 0.0781. The smallest absolute Gasteiger partial charge is 0.307 e. The third-order valence-corrected chi connectivity index (χ3v) is 4.29. The van der Waals surface area contributed by atoms with E-state index < -0.39 is 22.0 Å². The number of benzene rings is 1. The summed E-state index contributed by atoms with van der Waals surface area (Å²) in [6, 6.07) is 5.09. The van der Waals surface area contributed by atoms with E-state index in [4.69, 9.17) is 14.9 Å². The number of nitrogens with one attached hydrogen (secondary N) is 1. The second kappa shape index (κ2) is 8.08. The number of hydrogen-bond donors (Lipinski definition) is 3. The minimum Gasteiger partial charge on any atom is -0.481 e. The fraction of sp³-hybridized carbons (Fsp3) is 0.462. The molecule has 1 aromatic carbocycles. The van der Waals surface area contributed by atoms with E-state index in [-0.39, 0.29) is 31.0 Å². The van der Waals surface area contributed by atoms with Gasteiger partial charge in [0.2, 0.25) is 10.0 Å². The van der Waals surface area contributed by atoms with E-state index in [1.54, 1.807) is 0 Å². The summed E-state index contributed by atoms with van der Waals surface area (Å²) in [6.45, 7) is -0.00894. The van der Waals surface area contributed by atoms with Gasteiger partial charge in [-0.1, -0.05) is 12.1 Å². The lowest BCUT2D eigenvalue weighted by atomic mass is 10.2. The van der Waals surface area contributed by atoms with E-state index >= 15 is 0 Å². The van der Waals surface area contributed by atoms with Crippen molar-refractivity contribution < 1.29 is 28.2 Å². The van der Waals surface area contributed by atoms with Crippen molar-refractivity contribution in [3.8, 4) is 0 Å². The molecule has 0 fully saturated rings. The Kier molecular flexibility index (Phi) is 6.76. The number of hydrogen-bond acceptors (Lipinski definition) is 5. The molecule has 1 atom stereocenters. The lowest BCUT2D eigenvalue weighted by molar-refractivity contribution is -0.136. The van der Waals surface area contributed by atoms with Crippen LogP contribution in [0.1, 0.15) is 12.0 Å². The van der Waals surface area contributed by atoms with E-state index in [0.29, 0.717) is 5.56 Å². The number of aliphatic hydroxyl groups is 1. The maximum atomic E-state index is 12.2. The third kappa shape index (κ3) is 5.80. The fourth-order valence-electron chi connectivity index (χ4n) is 1.78. The van der Waals surface area contributed by atoms with Crippen LogP contribution in [0.25, 0.3) is 0 Å². The predicted octanol–water partition coefficient (Wildman–Crippen LogP) is -0.0106. The van der Waals surface area contributed by atoms with Crippen LogP contribution in [0, 0.1) is 0 Å². The van der Waals surface area contributed by atoms with E-state index in [1.165, 1.54) is 31.4 Å². The van der Waals surface area contributed by atoms with Crippen molar-refractivity contribution >= 4 is 16.0 Å². The van der Waals surface area contributed by atoms with Crippen LogP contribution in [0.4, 0.5) is 0 Å². The first-order valence-corrected chi connectivity index (χ1v) is 7.80. The van der Waals surface area contributed by atoms with Gasteiger partial charge < -0.3 is 14.9 Å². The Morgan fingerprint density at radius 2 is 1.95 bits per heavy atom. The molecule has 0 saturated carbocycles. The zero-order chi connectivity index (χ0) is 15.9. The van der Waals surface area contributed by atoms with Crippen molar-refractivity contribution in [1.82, 2.24) is 4.72 Å². The monoisotopic (exact) mass is 317 g/mol. The highest BCUT2D eigenvalue weighted by atomic mass is 32.2. The quantitative estimate of drug-likeness (QED) is 0.590. The number of carboxylic acid groups (broad SMARTS) is 1. The lowest BCUT2D eigenvalue weighted by Gasteiger charge is -2.17. The summed E-state index contributed by atoms with van der Waals surface area (Å²) in [5.74, 6) is -0.980. The van der Waals surface area contributed by atoms with Crippen molar-refractivity contribution in [2.75, 3.05) is 20.3 Å². The Balaban J connectivity index is 2.83. The van der Waals surface area contributed by atoms with E-state index in [0.717, 1.165) is 0 Å². The third-order valence-electron chi connectivity index (χ3n) is 2.76. The first-order chi connectivity index (χ1) is 9.89. The van der Waals surface area contributed by atoms with Gasteiger partial charge in [0.05, 0.1) is 17.9 Å². The maximum Gasteiger partial charge on any atom is 0.307 e. The fourth-order valence-corrected chi connectivity index (χ4v) is 3.04. The Morgan fingerprint density at radius 1 is 1.33 bits per heavy atom. The Bertz CT molecular complexity index is 549. The van der Waals surface area contributed by atoms with Crippen LogP contribution in [0.3, 0.4) is 0 Å². The molecule has 8 heteroatoms. The highest BCUT2D eigenvalue weighted by Gasteiger charge is 2.19. The number of carbonyl (C=O) groups is 1. The van der Waals surface area contributed by atoms with Crippen LogP contribution < -0.4 is 4.72 Å². The normalized spacial score (nSPS) is 13.0.